The van der Waals surface area contributed by atoms with E-state index in [-0.39, 0.29) is 5.82 Å². The molecule has 0 spiro atoms. The highest BCUT2D eigenvalue weighted by atomic mass is 35.5. The van der Waals surface area contributed by atoms with E-state index in [2.05, 4.69) is 15.0 Å². The van der Waals surface area contributed by atoms with E-state index in [0.29, 0.717) is 17.1 Å². The lowest BCUT2D eigenvalue weighted by Crippen LogP contribution is -2.03. The topological polar surface area (TPSA) is 37.0 Å². The third-order valence-corrected chi connectivity index (χ3v) is 5.46. The molecule has 3 rings (SSSR count). The molecule has 24 heavy (non-hydrogen) atoms. The fourth-order valence-corrected chi connectivity index (χ4v) is 3.74. The number of aryl methyl sites for hydroxylation is 1. The molecule has 3 nitrogen and oxygen atoms in total. The summed E-state index contributed by atoms with van der Waals surface area (Å²) in [5.74, 6) is -0.224. The minimum atomic E-state index is -0.224. The molecule has 0 atom stereocenters. The van der Waals surface area contributed by atoms with Gasteiger partial charge in [-0.25, -0.2) is 9.37 Å². The summed E-state index contributed by atoms with van der Waals surface area (Å²) in [7, 11) is 0. The summed E-state index contributed by atoms with van der Waals surface area (Å²) >= 11 is 9.37. The largest absolute Gasteiger partial charge is 0.380 e. The fraction of sp³-hybridized carbons (Fsp3) is 0.118. The second-order valence-electron chi connectivity index (χ2n) is 5.08. The monoisotopic (exact) mass is 379 g/mol. The van der Waals surface area contributed by atoms with Gasteiger partial charge in [0.2, 0.25) is 0 Å². The highest BCUT2D eigenvalue weighted by Crippen LogP contribution is 2.33. The first kappa shape index (κ1) is 17.1. The van der Waals surface area contributed by atoms with Crippen LogP contribution >= 0.6 is 34.9 Å². The Hall–Kier alpha value is -1.76. The Morgan fingerprint density at radius 1 is 1.29 bits per heavy atom. The number of nitrogens with zero attached hydrogens (tertiary/aromatic N) is 1. The summed E-state index contributed by atoms with van der Waals surface area (Å²) in [6.07, 6.45) is 1.75. The molecule has 1 heterocycles. The Kier molecular flexibility index (Phi) is 5.60. The lowest BCUT2D eigenvalue weighted by Gasteiger charge is -2.13. The number of halogens is 2. The first-order chi connectivity index (χ1) is 11.6. The van der Waals surface area contributed by atoms with Crippen molar-refractivity contribution in [3.05, 3.63) is 69.9 Å². The molecule has 3 aromatic rings. The van der Waals surface area contributed by atoms with Gasteiger partial charge in [0.1, 0.15) is 5.82 Å². The quantitative estimate of drug-likeness (QED) is 0.517. The lowest BCUT2D eigenvalue weighted by atomic mass is 10.2. The first-order valence-corrected chi connectivity index (χ1v) is 9.30. The summed E-state index contributed by atoms with van der Waals surface area (Å²) in [5.41, 5.74) is 2.47. The number of thiazole rings is 1. The predicted molar refractivity (Wildman–Crippen MR) is 102 cm³/mol. The standard InChI is InChI=1S/C17H15ClFN3S2/c1-11-8-15(21-10-12-4-2-3-5-14(12)19)13(18)9-16(11)24-22-17-20-6-7-23-17/h2-9,21H,10H2,1H3,(H,20,22). The van der Waals surface area contributed by atoms with Crippen LogP contribution in [0, 0.1) is 12.7 Å². The number of nitrogens with one attached hydrogen (secondary N) is 2. The second-order valence-corrected chi connectivity index (χ2v) is 7.23. The average Bonchev–Trinajstić information content (AvgIpc) is 3.09. The van der Waals surface area contributed by atoms with Gasteiger partial charge < -0.3 is 10.0 Å². The second kappa shape index (κ2) is 7.88. The summed E-state index contributed by atoms with van der Waals surface area (Å²) in [4.78, 5) is 5.20. The van der Waals surface area contributed by atoms with Gasteiger partial charge in [-0.2, -0.15) is 0 Å². The summed E-state index contributed by atoms with van der Waals surface area (Å²) < 4.78 is 16.9. The fourth-order valence-electron chi connectivity index (χ4n) is 2.11. The molecule has 0 saturated carbocycles. The van der Waals surface area contributed by atoms with Crippen LogP contribution in [-0.2, 0) is 6.54 Å². The average molecular weight is 380 g/mol. The molecule has 0 aliphatic carbocycles. The van der Waals surface area contributed by atoms with Crippen LogP contribution in [0.15, 0.2) is 52.9 Å². The van der Waals surface area contributed by atoms with Crippen LogP contribution in [0.4, 0.5) is 15.2 Å². The maximum atomic E-state index is 13.7. The number of benzene rings is 2. The summed E-state index contributed by atoms with van der Waals surface area (Å²) in [5, 5.41) is 6.55. The van der Waals surface area contributed by atoms with Crippen LogP contribution in [0.25, 0.3) is 0 Å². The van der Waals surface area contributed by atoms with Gasteiger partial charge in [0.25, 0.3) is 0 Å². The lowest BCUT2D eigenvalue weighted by molar-refractivity contribution is 0.613. The molecule has 0 unspecified atom stereocenters. The Balaban J connectivity index is 1.69. The molecular formula is C17H15ClFN3S2. The normalized spacial score (nSPS) is 10.6. The molecule has 0 saturated heterocycles. The summed E-state index contributed by atoms with van der Waals surface area (Å²) in [6, 6.07) is 10.6. The number of aromatic nitrogens is 1. The zero-order valence-corrected chi connectivity index (χ0v) is 15.2. The first-order valence-electron chi connectivity index (χ1n) is 7.23. The highest BCUT2D eigenvalue weighted by molar-refractivity contribution is 8.00. The Morgan fingerprint density at radius 3 is 2.88 bits per heavy atom. The van der Waals surface area contributed by atoms with Crippen molar-refractivity contribution in [1.29, 1.82) is 0 Å². The Morgan fingerprint density at radius 2 is 2.12 bits per heavy atom. The van der Waals surface area contributed by atoms with E-state index in [1.54, 1.807) is 18.3 Å². The van der Waals surface area contributed by atoms with Crippen molar-refractivity contribution in [2.24, 2.45) is 0 Å². The third kappa shape index (κ3) is 4.20. The van der Waals surface area contributed by atoms with Crippen LogP contribution in [0.3, 0.4) is 0 Å². The zero-order chi connectivity index (χ0) is 16.9. The van der Waals surface area contributed by atoms with Crippen molar-refractivity contribution in [3.8, 4) is 0 Å². The van der Waals surface area contributed by atoms with E-state index in [1.807, 2.05) is 30.5 Å². The van der Waals surface area contributed by atoms with Crippen molar-refractivity contribution < 1.29 is 4.39 Å². The van der Waals surface area contributed by atoms with E-state index >= 15 is 0 Å². The zero-order valence-electron chi connectivity index (χ0n) is 12.8. The van der Waals surface area contributed by atoms with E-state index in [0.717, 1.165) is 21.3 Å². The van der Waals surface area contributed by atoms with E-state index < -0.39 is 0 Å². The minimum Gasteiger partial charge on any atom is -0.380 e. The maximum absolute atomic E-state index is 13.7. The van der Waals surface area contributed by atoms with Crippen molar-refractivity contribution in [3.63, 3.8) is 0 Å². The summed E-state index contributed by atoms with van der Waals surface area (Å²) in [6.45, 7) is 2.40. The van der Waals surface area contributed by atoms with Crippen molar-refractivity contribution >= 4 is 45.7 Å². The van der Waals surface area contributed by atoms with Gasteiger partial charge in [-0.15, -0.1) is 11.3 Å². The minimum absolute atomic E-state index is 0.224. The molecule has 0 bridgehead atoms. The maximum Gasteiger partial charge on any atom is 0.192 e. The predicted octanol–water partition coefficient (Wildman–Crippen LogP) is 5.98. The van der Waals surface area contributed by atoms with Crippen molar-refractivity contribution in [2.45, 2.75) is 18.4 Å². The molecule has 0 fully saturated rings. The van der Waals surface area contributed by atoms with Gasteiger partial charge in [0.15, 0.2) is 5.13 Å². The van der Waals surface area contributed by atoms with Gasteiger partial charge in [-0.3, -0.25) is 0 Å². The van der Waals surface area contributed by atoms with Crippen LogP contribution in [0.2, 0.25) is 5.02 Å². The van der Waals surface area contributed by atoms with Gasteiger partial charge in [-0.05, 0) is 42.6 Å². The Bertz CT molecular complexity index is 825. The van der Waals surface area contributed by atoms with Crippen LogP contribution in [-0.4, -0.2) is 4.98 Å². The molecule has 0 amide bonds. The number of rotatable bonds is 6. The molecule has 2 aromatic carbocycles. The third-order valence-electron chi connectivity index (χ3n) is 3.37. The molecule has 2 N–H and O–H groups in total. The van der Waals surface area contributed by atoms with Crippen LogP contribution < -0.4 is 10.0 Å². The molecule has 0 radical (unpaired) electrons. The number of hydrogen-bond acceptors (Lipinski definition) is 5. The van der Waals surface area contributed by atoms with Gasteiger partial charge >= 0.3 is 0 Å². The SMILES string of the molecule is Cc1cc(NCc2ccccc2F)c(Cl)cc1SNc1nccs1. The molecule has 0 aliphatic heterocycles. The van der Waals surface area contributed by atoms with Crippen molar-refractivity contribution in [2.75, 3.05) is 10.0 Å². The highest BCUT2D eigenvalue weighted by Gasteiger charge is 2.08. The molecule has 1 aromatic heterocycles. The van der Waals surface area contributed by atoms with Crippen molar-refractivity contribution in [1.82, 2.24) is 4.98 Å². The number of anilines is 2. The molecule has 124 valence electrons. The van der Waals surface area contributed by atoms with E-state index in [4.69, 9.17) is 11.6 Å². The molecule has 0 aliphatic rings. The van der Waals surface area contributed by atoms with Gasteiger partial charge in [0.05, 0.1) is 10.7 Å². The smallest absolute Gasteiger partial charge is 0.192 e. The van der Waals surface area contributed by atoms with E-state index in [1.165, 1.54) is 29.4 Å². The van der Waals surface area contributed by atoms with Gasteiger partial charge in [0, 0.05) is 28.6 Å². The molecule has 7 heteroatoms. The van der Waals surface area contributed by atoms with Crippen LogP contribution in [0.1, 0.15) is 11.1 Å². The van der Waals surface area contributed by atoms with Gasteiger partial charge in [-0.1, -0.05) is 29.8 Å². The van der Waals surface area contributed by atoms with E-state index in [9.17, 15) is 4.39 Å². The molecular weight excluding hydrogens is 365 g/mol. The number of hydrogen-bond donors (Lipinski definition) is 2. The Labute approximate surface area is 153 Å². The van der Waals surface area contributed by atoms with Crippen LogP contribution in [0.5, 0.6) is 0 Å².